The number of aromatic nitrogens is 2. The number of nitrogens with one attached hydrogen (secondary N) is 1. The van der Waals surface area contributed by atoms with Gasteiger partial charge in [0.25, 0.3) is 0 Å². The SMILES string of the molecule is c1cc(-c2noc(CC3CNCCO3)n2)cs1. The molecule has 17 heavy (non-hydrogen) atoms. The maximum absolute atomic E-state index is 5.59. The predicted octanol–water partition coefficient (Wildman–Crippen LogP) is 1.33. The van der Waals surface area contributed by atoms with Crippen LogP contribution in [0.15, 0.2) is 21.3 Å². The number of hydrogen-bond donors (Lipinski definition) is 1. The second-order valence-corrected chi connectivity index (χ2v) is 4.70. The highest BCUT2D eigenvalue weighted by Crippen LogP contribution is 2.19. The average Bonchev–Trinajstić information content (AvgIpc) is 3.00. The summed E-state index contributed by atoms with van der Waals surface area (Å²) in [7, 11) is 0. The molecular weight excluding hydrogens is 238 g/mol. The molecule has 90 valence electrons. The highest BCUT2D eigenvalue weighted by Gasteiger charge is 2.18. The Hall–Kier alpha value is -1.24. The molecule has 0 amide bonds. The molecule has 3 heterocycles. The molecule has 0 bridgehead atoms. The van der Waals surface area contributed by atoms with Crippen LogP contribution in [-0.4, -0.2) is 35.9 Å². The Morgan fingerprint density at radius 3 is 3.29 bits per heavy atom. The second-order valence-electron chi connectivity index (χ2n) is 3.92. The molecule has 6 heteroatoms. The molecule has 1 N–H and O–H groups in total. The van der Waals surface area contributed by atoms with Crippen molar-refractivity contribution in [3.63, 3.8) is 0 Å². The van der Waals surface area contributed by atoms with Crippen LogP contribution in [0.5, 0.6) is 0 Å². The lowest BCUT2D eigenvalue weighted by Crippen LogP contribution is -2.39. The van der Waals surface area contributed by atoms with Gasteiger partial charge < -0.3 is 14.6 Å². The minimum absolute atomic E-state index is 0.138. The molecular formula is C11H13N3O2S. The zero-order valence-electron chi connectivity index (χ0n) is 9.26. The normalized spacial score (nSPS) is 20.6. The van der Waals surface area contributed by atoms with E-state index in [4.69, 9.17) is 9.26 Å². The Labute approximate surface area is 103 Å². The van der Waals surface area contributed by atoms with Crippen LogP contribution in [0.2, 0.25) is 0 Å². The van der Waals surface area contributed by atoms with E-state index in [2.05, 4.69) is 15.5 Å². The van der Waals surface area contributed by atoms with Gasteiger partial charge in [-0.15, -0.1) is 0 Å². The Bertz CT molecular complexity index is 463. The molecule has 3 rings (SSSR count). The minimum Gasteiger partial charge on any atom is -0.375 e. The molecule has 2 aromatic heterocycles. The van der Waals surface area contributed by atoms with Crippen molar-refractivity contribution in [2.24, 2.45) is 0 Å². The van der Waals surface area contributed by atoms with Crippen molar-refractivity contribution in [1.29, 1.82) is 0 Å². The van der Waals surface area contributed by atoms with Crippen LogP contribution in [0.25, 0.3) is 11.4 Å². The quantitative estimate of drug-likeness (QED) is 0.891. The summed E-state index contributed by atoms with van der Waals surface area (Å²) in [5.41, 5.74) is 1.01. The molecule has 0 aliphatic carbocycles. The van der Waals surface area contributed by atoms with Gasteiger partial charge in [0.15, 0.2) is 0 Å². The molecule has 1 aliphatic rings. The molecule has 1 saturated heterocycles. The molecule has 1 unspecified atom stereocenters. The summed E-state index contributed by atoms with van der Waals surface area (Å²) in [5, 5.41) is 11.3. The lowest BCUT2D eigenvalue weighted by molar-refractivity contribution is 0.0246. The zero-order valence-corrected chi connectivity index (χ0v) is 10.1. The number of morpholine rings is 1. The monoisotopic (exact) mass is 251 g/mol. The molecule has 0 radical (unpaired) electrons. The van der Waals surface area contributed by atoms with E-state index in [0.29, 0.717) is 18.1 Å². The molecule has 2 aromatic rings. The maximum atomic E-state index is 5.59. The molecule has 1 atom stereocenters. The summed E-state index contributed by atoms with van der Waals surface area (Å²) >= 11 is 1.62. The van der Waals surface area contributed by atoms with Crippen molar-refractivity contribution in [2.75, 3.05) is 19.7 Å². The van der Waals surface area contributed by atoms with Crippen LogP contribution in [0.3, 0.4) is 0 Å². The van der Waals surface area contributed by atoms with Crippen LogP contribution < -0.4 is 5.32 Å². The topological polar surface area (TPSA) is 60.2 Å². The van der Waals surface area contributed by atoms with E-state index in [1.165, 1.54) is 0 Å². The number of nitrogens with zero attached hydrogens (tertiary/aromatic N) is 2. The van der Waals surface area contributed by atoms with E-state index >= 15 is 0 Å². The van der Waals surface area contributed by atoms with Gasteiger partial charge in [-0.05, 0) is 11.4 Å². The Morgan fingerprint density at radius 1 is 1.53 bits per heavy atom. The second kappa shape index (κ2) is 4.95. The van der Waals surface area contributed by atoms with Gasteiger partial charge in [0.1, 0.15) is 0 Å². The molecule has 1 fully saturated rings. The van der Waals surface area contributed by atoms with Crippen LogP contribution >= 0.6 is 11.3 Å². The van der Waals surface area contributed by atoms with Crippen molar-refractivity contribution in [3.05, 3.63) is 22.7 Å². The number of rotatable bonds is 3. The lowest BCUT2D eigenvalue weighted by Gasteiger charge is -2.21. The largest absolute Gasteiger partial charge is 0.375 e. The van der Waals surface area contributed by atoms with Crippen LogP contribution in [-0.2, 0) is 11.2 Å². The van der Waals surface area contributed by atoms with Gasteiger partial charge in [-0.3, -0.25) is 0 Å². The van der Waals surface area contributed by atoms with E-state index in [1.807, 2.05) is 16.8 Å². The Morgan fingerprint density at radius 2 is 2.53 bits per heavy atom. The van der Waals surface area contributed by atoms with E-state index < -0.39 is 0 Å². The zero-order chi connectivity index (χ0) is 11.5. The molecule has 0 aromatic carbocycles. The molecule has 0 saturated carbocycles. The maximum Gasteiger partial charge on any atom is 0.229 e. The highest BCUT2D eigenvalue weighted by molar-refractivity contribution is 7.08. The summed E-state index contributed by atoms with van der Waals surface area (Å²) < 4.78 is 10.8. The molecule has 5 nitrogen and oxygen atoms in total. The van der Waals surface area contributed by atoms with E-state index in [1.54, 1.807) is 11.3 Å². The standard InChI is InChI=1S/C11H13N3O2S/c1-4-17-7-8(1)11-13-10(16-14-11)5-9-6-12-2-3-15-9/h1,4,7,9,12H,2-3,5-6H2. The third-order valence-electron chi connectivity index (χ3n) is 2.65. The smallest absolute Gasteiger partial charge is 0.229 e. The van der Waals surface area contributed by atoms with Crippen molar-refractivity contribution in [3.8, 4) is 11.4 Å². The van der Waals surface area contributed by atoms with Gasteiger partial charge in [-0.1, -0.05) is 5.16 Å². The predicted molar refractivity (Wildman–Crippen MR) is 63.9 cm³/mol. The number of ether oxygens (including phenoxy) is 1. The Kier molecular flexibility index (Phi) is 3.17. The number of hydrogen-bond acceptors (Lipinski definition) is 6. The lowest BCUT2D eigenvalue weighted by atomic mass is 10.2. The van der Waals surface area contributed by atoms with Gasteiger partial charge in [-0.25, -0.2) is 0 Å². The summed E-state index contributed by atoms with van der Waals surface area (Å²) in [6.07, 6.45) is 0.809. The van der Waals surface area contributed by atoms with E-state index in [9.17, 15) is 0 Å². The van der Waals surface area contributed by atoms with Crippen molar-refractivity contribution in [1.82, 2.24) is 15.5 Å². The van der Waals surface area contributed by atoms with Crippen LogP contribution in [0.1, 0.15) is 5.89 Å². The van der Waals surface area contributed by atoms with Gasteiger partial charge in [0.2, 0.25) is 11.7 Å². The fraction of sp³-hybridized carbons (Fsp3) is 0.455. The first-order valence-electron chi connectivity index (χ1n) is 5.59. The summed E-state index contributed by atoms with van der Waals surface area (Å²) in [5.74, 6) is 1.30. The van der Waals surface area contributed by atoms with Gasteiger partial charge in [0, 0.05) is 24.0 Å². The van der Waals surface area contributed by atoms with E-state index in [0.717, 1.165) is 25.3 Å². The molecule has 0 spiro atoms. The van der Waals surface area contributed by atoms with Crippen LogP contribution in [0.4, 0.5) is 0 Å². The van der Waals surface area contributed by atoms with Crippen molar-refractivity contribution < 1.29 is 9.26 Å². The molecule has 1 aliphatic heterocycles. The fourth-order valence-corrected chi connectivity index (χ4v) is 2.43. The number of thiophene rings is 1. The summed E-state index contributed by atoms with van der Waals surface area (Å²) in [6, 6.07) is 1.98. The fourth-order valence-electron chi connectivity index (χ4n) is 1.79. The third-order valence-corrected chi connectivity index (χ3v) is 3.34. The minimum atomic E-state index is 0.138. The first kappa shape index (κ1) is 10.9. The van der Waals surface area contributed by atoms with Gasteiger partial charge in [0.05, 0.1) is 19.1 Å². The van der Waals surface area contributed by atoms with Gasteiger partial charge in [-0.2, -0.15) is 16.3 Å². The summed E-state index contributed by atoms with van der Waals surface area (Å²) in [6.45, 7) is 2.51. The third kappa shape index (κ3) is 2.54. The summed E-state index contributed by atoms with van der Waals surface area (Å²) in [4.78, 5) is 4.37. The van der Waals surface area contributed by atoms with Crippen LogP contribution in [0, 0.1) is 0 Å². The average molecular weight is 251 g/mol. The van der Waals surface area contributed by atoms with Crippen molar-refractivity contribution >= 4 is 11.3 Å². The first-order chi connectivity index (χ1) is 8.42. The van der Waals surface area contributed by atoms with Gasteiger partial charge >= 0.3 is 0 Å². The van der Waals surface area contributed by atoms with Crippen molar-refractivity contribution in [2.45, 2.75) is 12.5 Å². The first-order valence-corrected chi connectivity index (χ1v) is 6.53. The van der Waals surface area contributed by atoms with E-state index in [-0.39, 0.29) is 6.10 Å². The Balaban J connectivity index is 1.68. The highest BCUT2D eigenvalue weighted by atomic mass is 32.1.